The van der Waals surface area contributed by atoms with Crippen molar-refractivity contribution in [3.05, 3.63) is 23.5 Å². The number of hydrogen-bond acceptors (Lipinski definition) is 7. The quantitative estimate of drug-likeness (QED) is 0.126. The first-order valence-electron chi connectivity index (χ1n) is 11.7. The maximum Gasteiger partial charge on any atom is 0.306 e. The second-order valence-corrected chi connectivity index (χ2v) is 8.08. The highest BCUT2D eigenvalue weighted by atomic mass is 16.6. The molecule has 0 aliphatic carbocycles. The van der Waals surface area contributed by atoms with E-state index in [0.29, 0.717) is 43.0 Å². The van der Waals surface area contributed by atoms with Gasteiger partial charge in [0.05, 0.1) is 23.8 Å². The van der Waals surface area contributed by atoms with Crippen LogP contribution in [0, 0.1) is 17.2 Å². The van der Waals surface area contributed by atoms with Crippen LogP contribution in [0.2, 0.25) is 0 Å². The number of rotatable bonds is 10. The second-order valence-electron chi connectivity index (χ2n) is 8.08. The Morgan fingerprint density at radius 2 is 2.11 bits per heavy atom. The fourth-order valence-electron chi connectivity index (χ4n) is 3.38. The van der Waals surface area contributed by atoms with Gasteiger partial charge in [0.1, 0.15) is 12.7 Å². The van der Waals surface area contributed by atoms with Crippen LogP contribution in [0.1, 0.15) is 70.7 Å². The fraction of sp³-hybridized carbons (Fsp3) is 0.625. The number of nitrogens with zero attached hydrogens (tertiary/aromatic N) is 3. The molecule has 1 aromatic heterocycles. The molecule has 196 valence electrons. The lowest BCUT2D eigenvalue weighted by atomic mass is 9.98. The normalized spacial score (nSPS) is 19.3. The zero-order valence-corrected chi connectivity index (χ0v) is 21.2. The molecule has 2 heterocycles. The van der Waals surface area contributed by atoms with Crippen molar-refractivity contribution in [1.82, 2.24) is 4.98 Å². The largest absolute Gasteiger partial charge is 0.483 e. The Hall–Kier alpha value is -3.23. The minimum Gasteiger partial charge on any atom is -0.483 e. The third-order valence-corrected chi connectivity index (χ3v) is 4.95. The van der Waals surface area contributed by atoms with E-state index in [-0.39, 0.29) is 31.1 Å². The Balaban J connectivity index is 0.00000214. The second kappa shape index (κ2) is 18.1. The van der Waals surface area contributed by atoms with E-state index >= 15 is 0 Å². The van der Waals surface area contributed by atoms with E-state index in [4.69, 9.17) is 25.1 Å². The van der Waals surface area contributed by atoms with Crippen LogP contribution >= 0.6 is 0 Å². The molecule has 0 spiro atoms. The van der Waals surface area contributed by atoms with Crippen LogP contribution in [0.3, 0.4) is 0 Å². The molecule has 2 atom stereocenters. The summed E-state index contributed by atoms with van der Waals surface area (Å²) in [6.45, 7) is 6.64. The third kappa shape index (κ3) is 11.2. The van der Waals surface area contributed by atoms with Gasteiger partial charge >= 0.3 is 5.97 Å². The topological polar surface area (TPSA) is 189 Å². The first kappa shape index (κ1) is 31.8. The van der Waals surface area contributed by atoms with Crippen LogP contribution in [0.15, 0.2) is 22.1 Å². The summed E-state index contributed by atoms with van der Waals surface area (Å²) >= 11 is 0. The number of H-pyrrole nitrogens is 1. The molecular weight excluding hydrogens is 452 g/mol. The molecule has 0 saturated carbocycles. The number of ether oxygens (including phenoxy) is 2. The van der Waals surface area contributed by atoms with Gasteiger partial charge in [-0.1, -0.05) is 33.6 Å². The summed E-state index contributed by atoms with van der Waals surface area (Å²) < 4.78 is 11.3. The number of amidine groups is 1. The number of carboxylic acid groups (broad SMARTS) is 1. The van der Waals surface area contributed by atoms with E-state index in [1.54, 1.807) is 0 Å². The third-order valence-electron chi connectivity index (χ3n) is 4.95. The number of aromatic nitrogens is 1. The molecule has 1 aliphatic rings. The van der Waals surface area contributed by atoms with E-state index in [1.807, 2.05) is 26.0 Å². The molecule has 0 aromatic carbocycles. The van der Waals surface area contributed by atoms with Crippen LogP contribution < -0.4 is 11.5 Å². The first-order valence-corrected chi connectivity index (χ1v) is 11.7. The van der Waals surface area contributed by atoms with Crippen molar-refractivity contribution in [3.8, 4) is 6.07 Å². The Kier molecular flexibility index (Phi) is 16.5. The number of nitriles is 1. The zero-order valence-electron chi connectivity index (χ0n) is 21.2. The van der Waals surface area contributed by atoms with Crippen molar-refractivity contribution in [1.29, 1.82) is 5.26 Å². The van der Waals surface area contributed by atoms with Crippen molar-refractivity contribution < 1.29 is 24.2 Å². The van der Waals surface area contributed by atoms with Gasteiger partial charge in [0.2, 0.25) is 0 Å². The number of nitrogens with two attached hydrogens (primary N) is 2. The Morgan fingerprint density at radius 3 is 2.69 bits per heavy atom. The number of aromatic amines is 1. The zero-order chi connectivity index (χ0) is 26.7. The van der Waals surface area contributed by atoms with Gasteiger partial charge in [-0.05, 0) is 44.4 Å². The highest BCUT2D eigenvalue weighted by molar-refractivity contribution is 6.01. The highest BCUT2D eigenvalue weighted by Crippen LogP contribution is 2.38. The Morgan fingerprint density at radius 1 is 1.43 bits per heavy atom. The molecule has 0 amide bonds. The van der Waals surface area contributed by atoms with Crippen LogP contribution in [0.25, 0.3) is 0 Å². The number of carbonyl (C=O) groups excluding carboxylic acids is 1. The van der Waals surface area contributed by atoms with Gasteiger partial charge < -0.3 is 31.0 Å². The summed E-state index contributed by atoms with van der Waals surface area (Å²) in [5.74, 6) is 0.505. The lowest BCUT2D eigenvalue weighted by Crippen LogP contribution is -2.27. The molecule has 1 saturated heterocycles. The SMILES string of the molecule is CCCCCN=C(N=CN)c1ccc(C2(C#N)CCC(COC(=O)CC(C)C)O2)[nH]1.CN.O=CO. The van der Waals surface area contributed by atoms with Crippen molar-refractivity contribution in [2.75, 3.05) is 20.2 Å². The van der Waals surface area contributed by atoms with Gasteiger partial charge in [-0.15, -0.1) is 0 Å². The molecule has 1 aromatic rings. The van der Waals surface area contributed by atoms with E-state index < -0.39 is 5.60 Å². The van der Waals surface area contributed by atoms with Crippen LogP contribution in [0.4, 0.5) is 0 Å². The molecule has 11 nitrogen and oxygen atoms in total. The summed E-state index contributed by atoms with van der Waals surface area (Å²) in [6, 6.07) is 5.94. The standard InChI is InChI=1S/C22H33N5O3.CH5N.CH2O2/c1-4-5-6-11-25-21(26-15-24)18-7-8-19(27-18)22(14-23)10-9-17(30-22)13-29-20(28)12-16(2)3;1-2;2-1-3/h7-8,15-17,27H,4-6,9-13H2,1-3H3,(H2,24,25,26);2H2,1H3;1H,(H,2,3). The molecule has 1 aliphatic heterocycles. The summed E-state index contributed by atoms with van der Waals surface area (Å²) in [5, 5.41) is 16.7. The smallest absolute Gasteiger partial charge is 0.306 e. The van der Waals surface area contributed by atoms with Gasteiger partial charge in [0, 0.05) is 13.0 Å². The van der Waals surface area contributed by atoms with Gasteiger partial charge in [-0.3, -0.25) is 14.6 Å². The molecule has 35 heavy (non-hydrogen) atoms. The van der Waals surface area contributed by atoms with Crippen LogP contribution in [-0.4, -0.2) is 61.0 Å². The highest BCUT2D eigenvalue weighted by Gasteiger charge is 2.43. The predicted molar refractivity (Wildman–Crippen MR) is 135 cm³/mol. The van der Waals surface area contributed by atoms with Crippen LogP contribution in [0.5, 0.6) is 0 Å². The van der Waals surface area contributed by atoms with Gasteiger partial charge in [-0.25, -0.2) is 4.99 Å². The number of nitrogens with one attached hydrogen (secondary N) is 1. The summed E-state index contributed by atoms with van der Waals surface area (Å²) in [7, 11) is 1.50. The molecule has 1 fully saturated rings. The van der Waals surface area contributed by atoms with Crippen molar-refractivity contribution in [2.24, 2.45) is 27.4 Å². The number of unbranched alkanes of at least 4 members (excludes halogenated alkanes) is 2. The molecule has 0 radical (unpaired) electrons. The number of aliphatic imine (C=N–C) groups is 2. The van der Waals surface area contributed by atoms with E-state index in [0.717, 1.165) is 19.3 Å². The minimum atomic E-state index is -1.10. The monoisotopic (exact) mass is 492 g/mol. The van der Waals surface area contributed by atoms with E-state index in [9.17, 15) is 10.1 Å². The summed E-state index contributed by atoms with van der Waals surface area (Å²) in [4.78, 5) is 32.1. The van der Waals surface area contributed by atoms with Gasteiger partial charge in [0.25, 0.3) is 6.47 Å². The van der Waals surface area contributed by atoms with Crippen molar-refractivity contribution in [3.63, 3.8) is 0 Å². The number of esters is 1. The molecular formula is C24H40N6O5. The Labute approximate surface area is 207 Å². The average molecular weight is 493 g/mol. The molecule has 11 heteroatoms. The first-order chi connectivity index (χ1) is 16.8. The van der Waals surface area contributed by atoms with Crippen molar-refractivity contribution in [2.45, 2.75) is 71.0 Å². The van der Waals surface area contributed by atoms with Gasteiger partial charge in [-0.2, -0.15) is 5.26 Å². The average Bonchev–Trinajstić information content (AvgIpc) is 3.49. The van der Waals surface area contributed by atoms with Crippen LogP contribution in [-0.2, 0) is 24.7 Å². The molecule has 2 rings (SSSR count). The molecule has 0 bridgehead atoms. The summed E-state index contributed by atoms with van der Waals surface area (Å²) in [5.41, 5.74) is 10.2. The number of carbonyl (C=O) groups is 2. The maximum atomic E-state index is 11.8. The summed E-state index contributed by atoms with van der Waals surface area (Å²) in [6.07, 6.45) is 5.63. The fourth-order valence-corrected chi connectivity index (χ4v) is 3.38. The minimum absolute atomic E-state index is 0.157. The lowest BCUT2D eigenvalue weighted by Gasteiger charge is -2.21. The Bertz CT molecular complexity index is 846. The molecule has 6 N–H and O–H groups in total. The molecule has 2 unspecified atom stereocenters. The van der Waals surface area contributed by atoms with Crippen molar-refractivity contribution >= 4 is 24.6 Å². The predicted octanol–water partition coefficient (Wildman–Crippen LogP) is 2.70. The van der Waals surface area contributed by atoms with E-state index in [2.05, 4.69) is 33.7 Å². The maximum absolute atomic E-state index is 11.8. The van der Waals surface area contributed by atoms with E-state index in [1.165, 1.54) is 13.4 Å². The lowest BCUT2D eigenvalue weighted by molar-refractivity contribution is -0.149. The van der Waals surface area contributed by atoms with Gasteiger partial charge in [0.15, 0.2) is 11.4 Å². The number of hydrogen-bond donors (Lipinski definition) is 4.